The zero-order chi connectivity index (χ0) is 19.2. The summed E-state index contributed by atoms with van der Waals surface area (Å²) >= 11 is 0. The van der Waals surface area contributed by atoms with Crippen LogP contribution in [0, 0.1) is 11.3 Å². The van der Waals surface area contributed by atoms with Crippen LogP contribution in [0.1, 0.15) is 33.2 Å². The van der Waals surface area contributed by atoms with E-state index in [2.05, 4.69) is 15.6 Å². The van der Waals surface area contributed by atoms with Gasteiger partial charge in [-0.3, -0.25) is 9.59 Å². The monoisotopic (exact) mass is 356 g/mol. The molecular formula is C21H16N4O2. The van der Waals surface area contributed by atoms with E-state index in [4.69, 9.17) is 5.26 Å². The minimum absolute atomic E-state index is 0.00958. The van der Waals surface area contributed by atoms with Crippen LogP contribution in [-0.2, 0) is 0 Å². The fourth-order valence-electron chi connectivity index (χ4n) is 2.41. The molecule has 6 heteroatoms. The molecule has 0 aliphatic rings. The number of anilines is 3. The van der Waals surface area contributed by atoms with Gasteiger partial charge in [-0.2, -0.15) is 5.26 Å². The Hall–Kier alpha value is -3.98. The smallest absolute Gasteiger partial charge is 0.257 e. The van der Waals surface area contributed by atoms with Gasteiger partial charge in [0.15, 0.2) is 5.78 Å². The average Bonchev–Trinajstić information content (AvgIpc) is 2.69. The molecule has 0 fully saturated rings. The summed E-state index contributed by atoms with van der Waals surface area (Å²) in [5.74, 6) is 0.277. The van der Waals surface area contributed by atoms with E-state index in [1.165, 1.54) is 13.1 Å². The van der Waals surface area contributed by atoms with Gasteiger partial charge < -0.3 is 10.6 Å². The van der Waals surface area contributed by atoms with Crippen LogP contribution in [-0.4, -0.2) is 16.7 Å². The van der Waals surface area contributed by atoms with Gasteiger partial charge in [0.2, 0.25) is 0 Å². The van der Waals surface area contributed by atoms with Crippen molar-refractivity contribution >= 4 is 28.9 Å². The Labute approximate surface area is 156 Å². The third-order valence-electron chi connectivity index (χ3n) is 3.84. The van der Waals surface area contributed by atoms with E-state index in [0.717, 1.165) is 5.69 Å². The lowest BCUT2D eigenvalue weighted by Gasteiger charge is -2.08. The molecule has 0 spiro atoms. The van der Waals surface area contributed by atoms with Crippen molar-refractivity contribution in [1.82, 2.24) is 4.98 Å². The largest absolute Gasteiger partial charge is 0.340 e. The zero-order valence-corrected chi connectivity index (χ0v) is 14.6. The van der Waals surface area contributed by atoms with Crippen molar-refractivity contribution in [3.05, 3.63) is 83.6 Å². The van der Waals surface area contributed by atoms with Crippen molar-refractivity contribution in [3.63, 3.8) is 0 Å². The van der Waals surface area contributed by atoms with Gasteiger partial charge in [0.05, 0.1) is 17.2 Å². The molecule has 2 aromatic carbocycles. The number of hydrogen-bond donors (Lipinski definition) is 2. The highest BCUT2D eigenvalue weighted by Crippen LogP contribution is 2.17. The lowest BCUT2D eigenvalue weighted by atomic mass is 10.1. The number of ketones is 1. The molecule has 0 bridgehead atoms. The normalized spacial score (nSPS) is 9.93. The lowest BCUT2D eigenvalue weighted by molar-refractivity contribution is 0.101. The predicted molar refractivity (Wildman–Crippen MR) is 103 cm³/mol. The molecule has 1 aromatic heterocycles. The summed E-state index contributed by atoms with van der Waals surface area (Å²) in [6.07, 6.45) is 1.47. The van der Waals surface area contributed by atoms with E-state index in [-0.39, 0.29) is 11.7 Å². The Kier molecular flexibility index (Phi) is 5.24. The first-order chi connectivity index (χ1) is 13.0. The summed E-state index contributed by atoms with van der Waals surface area (Å²) in [4.78, 5) is 27.8. The molecule has 0 saturated heterocycles. The molecular weight excluding hydrogens is 340 g/mol. The van der Waals surface area contributed by atoms with Crippen LogP contribution in [0.15, 0.2) is 66.9 Å². The molecule has 1 heterocycles. The second-order valence-corrected chi connectivity index (χ2v) is 5.84. The van der Waals surface area contributed by atoms with Gasteiger partial charge in [-0.15, -0.1) is 0 Å². The van der Waals surface area contributed by atoms with E-state index < -0.39 is 0 Å². The zero-order valence-electron chi connectivity index (χ0n) is 14.6. The van der Waals surface area contributed by atoms with Crippen LogP contribution in [0.3, 0.4) is 0 Å². The first-order valence-corrected chi connectivity index (χ1v) is 8.21. The second-order valence-electron chi connectivity index (χ2n) is 5.84. The Morgan fingerprint density at radius 3 is 2.33 bits per heavy atom. The number of nitrogens with zero attached hydrogens (tertiary/aromatic N) is 2. The van der Waals surface area contributed by atoms with Crippen molar-refractivity contribution < 1.29 is 9.59 Å². The predicted octanol–water partition coefficient (Wildman–Crippen LogP) is 4.15. The first kappa shape index (κ1) is 17.8. The number of rotatable bonds is 5. The molecule has 6 nitrogen and oxygen atoms in total. The van der Waals surface area contributed by atoms with Crippen LogP contribution in [0.5, 0.6) is 0 Å². The number of aromatic nitrogens is 1. The first-order valence-electron chi connectivity index (χ1n) is 8.21. The maximum atomic E-state index is 12.3. The number of benzene rings is 2. The highest BCUT2D eigenvalue weighted by atomic mass is 16.1. The van der Waals surface area contributed by atoms with Gasteiger partial charge in [0.1, 0.15) is 5.82 Å². The van der Waals surface area contributed by atoms with Crippen LogP contribution >= 0.6 is 0 Å². The number of hydrogen-bond acceptors (Lipinski definition) is 5. The minimum atomic E-state index is -0.310. The lowest BCUT2D eigenvalue weighted by Crippen LogP contribution is -2.12. The molecule has 0 radical (unpaired) electrons. The number of amides is 1. The fourth-order valence-corrected chi connectivity index (χ4v) is 2.41. The quantitative estimate of drug-likeness (QED) is 0.670. The number of pyridine rings is 1. The number of carbonyl (C=O) groups excluding carboxylic acids is 2. The van der Waals surface area contributed by atoms with E-state index in [0.29, 0.717) is 28.2 Å². The number of Topliss-reactive ketones (excluding diaryl/α,β-unsaturated/α-hetero) is 1. The SMILES string of the molecule is CC(=O)c1ccc(Nc2ccc(C(=O)Nc3cccc(C#N)c3)cn2)cc1. The molecule has 3 aromatic rings. The molecule has 2 N–H and O–H groups in total. The summed E-state index contributed by atoms with van der Waals surface area (Å²) in [7, 11) is 0. The molecule has 3 rings (SSSR count). The number of nitrogens with one attached hydrogen (secondary N) is 2. The van der Waals surface area contributed by atoms with Crippen molar-refractivity contribution in [2.45, 2.75) is 6.92 Å². The summed E-state index contributed by atoms with van der Waals surface area (Å²) < 4.78 is 0. The average molecular weight is 356 g/mol. The summed E-state index contributed by atoms with van der Waals surface area (Å²) in [6, 6.07) is 19.1. The highest BCUT2D eigenvalue weighted by Gasteiger charge is 2.08. The van der Waals surface area contributed by atoms with Gasteiger partial charge >= 0.3 is 0 Å². The Balaban J connectivity index is 1.66. The minimum Gasteiger partial charge on any atom is -0.340 e. The van der Waals surface area contributed by atoms with Crippen LogP contribution in [0.25, 0.3) is 0 Å². The molecule has 0 unspecified atom stereocenters. The molecule has 0 aliphatic carbocycles. The van der Waals surface area contributed by atoms with Crippen LogP contribution in [0.4, 0.5) is 17.2 Å². The van der Waals surface area contributed by atoms with E-state index in [1.54, 1.807) is 60.7 Å². The summed E-state index contributed by atoms with van der Waals surface area (Å²) in [5.41, 5.74) is 2.85. The van der Waals surface area contributed by atoms with Gasteiger partial charge in [-0.25, -0.2) is 4.98 Å². The molecule has 0 atom stereocenters. The van der Waals surface area contributed by atoms with Crippen LogP contribution in [0.2, 0.25) is 0 Å². The second kappa shape index (κ2) is 7.93. The van der Waals surface area contributed by atoms with E-state index in [1.807, 2.05) is 6.07 Å². The maximum absolute atomic E-state index is 12.3. The standard InChI is InChI=1S/C21H16N4O2/c1-14(26)16-5-8-18(9-6-16)24-20-10-7-17(13-23-20)21(27)25-19-4-2-3-15(11-19)12-22/h2-11,13H,1H3,(H,23,24)(H,25,27). The van der Waals surface area contributed by atoms with Gasteiger partial charge in [-0.1, -0.05) is 6.07 Å². The fraction of sp³-hybridized carbons (Fsp3) is 0.0476. The summed E-state index contributed by atoms with van der Waals surface area (Å²) in [6.45, 7) is 1.52. The van der Waals surface area contributed by atoms with Gasteiger partial charge in [0.25, 0.3) is 5.91 Å². The van der Waals surface area contributed by atoms with Gasteiger partial charge in [0, 0.05) is 23.1 Å². The molecule has 0 aliphatic heterocycles. The Bertz CT molecular complexity index is 1020. The Morgan fingerprint density at radius 2 is 1.70 bits per heavy atom. The molecule has 27 heavy (non-hydrogen) atoms. The third kappa shape index (κ3) is 4.55. The summed E-state index contributed by atoms with van der Waals surface area (Å²) in [5, 5.41) is 14.8. The van der Waals surface area contributed by atoms with Crippen LogP contribution < -0.4 is 10.6 Å². The van der Waals surface area contributed by atoms with E-state index >= 15 is 0 Å². The van der Waals surface area contributed by atoms with Crippen molar-refractivity contribution in [2.24, 2.45) is 0 Å². The molecule has 0 saturated carbocycles. The topological polar surface area (TPSA) is 94.9 Å². The number of carbonyl (C=O) groups is 2. The van der Waals surface area contributed by atoms with Crippen molar-refractivity contribution in [2.75, 3.05) is 10.6 Å². The third-order valence-corrected chi connectivity index (χ3v) is 3.84. The number of nitriles is 1. The maximum Gasteiger partial charge on any atom is 0.257 e. The Morgan fingerprint density at radius 1 is 0.963 bits per heavy atom. The molecule has 1 amide bonds. The highest BCUT2D eigenvalue weighted by molar-refractivity contribution is 6.04. The molecule has 132 valence electrons. The van der Waals surface area contributed by atoms with Gasteiger partial charge in [-0.05, 0) is 61.5 Å². The van der Waals surface area contributed by atoms with Crippen molar-refractivity contribution in [3.8, 4) is 6.07 Å². The van der Waals surface area contributed by atoms with Crippen molar-refractivity contribution in [1.29, 1.82) is 5.26 Å². The van der Waals surface area contributed by atoms with E-state index in [9.17, 15) is 9.59 Å².